The van der Waals surface area contributed by atoms with Gasteiger partial charge in [0, 0.05) is 11.1 Å². The van der Waals surface area contributed by atoms with Gasteiger partial charge in [0.25, 0.3) is 0 Å². The molecule has 0 atom stereocenters. The predicted octanol–water partition coefficient (Wildman–Crippen LogP) is 9.85. The van der Waals surface area contributed by atoms with Crippen molar-refractivity contribution in [3.63, 3.8) is 0 Å². The molecule has 4 aromatic carbocycles. The van der Waals surface area contributed by atoms with Gasteiger partial charge in [-0.25, -0.2) is 9.59 Å². The molecule has 2 N–H and O–H groups in total. The van der Waals surface area contributed by atoms with E-state index in [1.165, 1.54) is 11.1 Å². The van der Waals surface area contributed by atoms with E-state index in [1.807, 2.05) is 48.5 Å². The van der Waals surface area contributed by atoms with E-state index in [9.17, 15) is 9.59 Å². The number of hydrogen-bond donors (Lipinski definition) is 1. The highest BCUT2D eigenvalue weighted by Crippen LogP contribution is 2.32. The number of hydrogen-bond acceptors (Lipinski definition) is 4. The number of nitrogens with two attached hydrogens (primary N) is 1. The monoisotopic (exact) mass is 690 g/mol. The van der Waals surface area contributed by atoms with Crippen LogP contribution >= 0.6 is 0 Å². The second kappa shape index (κ2) is 15.6. The molecule has 0 fully saturated rings. The molecule has 5 heteroatoms. The Morgan fingerprint density at radius 1 is 0.431 bits per heavy atom. The minimum Gasteiger partial charge on any atom is -0.457 e. The fourth-order valence-electron chi connectivity index (χ4n) is 5.64. The molecule has 0 bridgehead atoms. The van der Waals surface area contributed by atoms with Crippen LogP contribution in [-0.2, 0) is 57.4 Å². The lowest BCUT2D eigenvalue weighted by molar-refractivity contribution is -0.686. The highest BCUT2D eigenvalue weighted by molar-refractivity contribution is 5.90. The Hall–Kier alpha value is -4.22. The summed E-state index contributed by atoms with van der Waals surface area (Å²) < 4.78 is 11.5. The van der Waals surface area contributed by atoms with Crippen LogP contribution in [0.3, 0.4) is 0 Å². The van der Waals surface area contributed by atoms with E-state index in [0.717, 1.165) is 46.5 Å². The Kier molecular flexibility index (Phi) is 12.1. The quantitative estimate of drug-likeness (QED) is 0.168. The van der Waals surface area contributed by atoms with Crippen LogP contribution in [0.5, 0.6) is 0 Å². The fraction of sp³-hybridized carbons (Fsp3) is 0.435. The van der Waals surface area contributed by atoms with Gasteiger partial charge >= 0.3 is 11.9 Å². The number of rotatable bonds is 10. The van der Waals surface area contributed by atoms with Gasteiger partial charge in [0.15, 0.2) is 0 Å². The van der Waals surface area contributed by atoms with Crippen LogP contribution in [-0.4, -0.2) is 11.9 Å². The van der Waals surface area contributed by atoms with E-state index in [2.05, 4.69) is 125 Å². The van der Waals surface area contributed by atoms with Crippen molar-refractivity contribution >= 4 is 11.9 Å². The molecule has 51 heavy (non-hydrogen) atoms. The lowest BCUT2D eigenvalue weighted by atomic mass is 9.79. The van der Waals surface area contributed by atoms with E-state index in [0.29, 0.717) is 11.1 Å². The molecule has 0 aromatic heterocycles. The summed E-state index contributed by atoms with van der Waals surface area (Å²) in [6, 6.07) is 28.8. The van der Waals surface area contributed by atoms with Gasteiger partial charge in [-0.15, -0.1) is 0 Å². The molecule has 0 spiro atoms. The van der Waals surface area contributed by atoms with E-state index in [4.69, 9.17) is 9.47 Å². The van der Waals surface area contributed by atoms with Crippen molar-refractivity contribution in [3.8, 4) is 0 Å². The molecule has 5 nitrogen and oxygen atoms in total. The first kappa shape index (κ1) is 39.6. The Bertz CT molecular complexity index is 1610. The molecular formula is C46H60NO4+. The normalized spacial score (nSPS) is 12.5. The average Bonchev–Trinajstić information content (AvgIpc) is 3.05. The lowest BCUT2D eigenvalue weighted by Gasteiger charge is -2.26. The zero-order valence-corrected chi connectivity index (χ0v) is 33.1. The van der Waals surface area contributed by atoms with Crippen molar-refractivity contribution < 1.29 is 24.4 Å². The van der Waals surface area contributed by atoms with Gasteiger partial charge in [0.1, 0.15) is 26.3 Å². The third kappa shape index (κ3) is 11.4. The largest absolute Gasteiger partial charge is 0.457 e. The summed E-state index contributed by atoms with van der Waals surface area (Å²) in [5, 5.41) is 2.26. The van der Waals surface area contributed by atoms with Crippen molar-refractivity contribution in [1.82, 2.24) is 0 Å². The van der Waals surface area contributed by atoms with Crippen molar-refractivity contribution in [2.75, 3.05) is 0 Å². The van der Waals surface area contributed by atoms with Crippen LogP contribution in [0.4, 0.5) is 0 Å². The molecule has 0 aliphatic heterocycles. The Labute approximate surface area is 307 Å². The summed E-state index contributed by atoms with van der Waals surface area (Å²) in [5.74, 6) is -0.595. The number of esters is 2. The van der Waals surface area contributed by atoms with E-state index < -0.39 is 0 Å². The van der Waals surface area contributed by atoms with Gasteiger partial charge < -0.3 is 14.8 Å². The lowest BCUT2D eigenvalue weighted by Crippen LogP contribution is -2.80. The maximum absolute atomic E-state index is 13.1. The molecule has 0 aliphatic carbocycles. The molecule has 0 saturated heterocycles. The number of carbonyl (C=O) groups excluding carboxylic acids is 2. The average molecular weight is 691 g/mol. The van der Waals surface area contributed by atoms with E-state index in [-0.39, 0.29) is 46.8 Å². The van der Waals surface area contributed by atoms with Crippen molar-refractivity contribution in [2.45, 2.75) is 131 Å². The smallest absolute Gasteiger partial charge is 0.338 e. The van der Waals surface area contributed by atoms with Gasteiger partial charge in [-0.2, -0.15) is 0 Å². The van der Waals surface area contributed by atoms with Crippen LogP contribution < -0.4 is 5.32 Å². The molecule has 0 saturated carbocycles. The number of carbonyl (C=O) groups is 2. The van der Waals surface area contributed by atoms with Crippen molar-refractivity contribution in [1.29, 1.82) is 0 Å². The van der Waals surface area contributed by atoms with Crippen LogP contribution in [0, 0.1) is 0 Å². The highest BCUT2D eigenvalue weighted by atomic mass is 16.5. The standard InChI is InChI=1S/C46H59NO4/c1-43(2,3)37-21-35(22-38(25-37)44(4,5)6)41(48)50-29-33-17-13-31(14-18-33)27-47-28-32-15-19-34(20-16-32)30-51-42(49)36-23-39(45(7,8)9)26-40(24-36)46(10,11)12/h13-26,47H,27-30H2,1-12H3/p+1. The molecule has 0 unspecified atom stereocenters. The summed E-state index contributed by atoms with van der Waals surface area (Å²) >= 11 is 0. The maximum atomic E-state index is 13.1. The Morgan fingerprint density at radius 3 is 0.941 bits per heavy atom. The maximum Gasteiger partial charge on any atom is 0.338 e. The summed E-state index contributed by atoms with van der Waals surface area (Å²) in [6.45, 7) is 28.1. The minimum absolute atomic E-state index is 0.0692. The summed E-state index contributed by atoms with van der Waals surface area (Å²) in [4.78, 5) is 26.2. The third-order valence-corrected chi connectivity index (χ3v) is 9.35. The summed E-state index contributed by atoms with van der Waals surface area (Å²) in [6.07, 6.45) is 0. The van der Waals surface area contributed by atoms with Crippen LogP contribution in [0.1, 0.15) is 148 Å². The van der Waals surface area contributed by atoms with Crippen LogP contribution in [0.2, 0.25) is 0 Å². The molecule has 4 aromatic rings. The number of quaternary nitrogens is 1. The molecule has 0 heterocycles. The first-order valence-corrected chi connectivity index (χ1v) is 18.2. The summed E-state index contributed by atoms with van der Waals surface area (Å²) in [5.41, 5.74) is 9.78. The van der Waals surface area contributed by atoms with Crippen LogP contribution in [0.15, 0.2) is 84.9 Å². The van der Waals surface area contributed by atoms with Gasteiger partial charge in [0.2, 0.25) is 0 Å². The van der Waals surface area contributed by atoms with Gasteiger partial charge in [0.05, 0.1) is 11.1 Å². The predicted molar refractivity (Wildman–Crippen MR) is 208 cm³/mol. The zero-order chi connectivity index (χ0) is 37.8. The van der Waals surface area contributed by atoms with E-state index >= 15 is 0 Å². The Morgan fingerprint density at radius 2 is 0.686 bits per heavy atom. The summed E-state index contributed by atoms with van der Waals surface area (Å²) in [7, 11) is 0. The van der Waals surface area contributed by atoms with E-state index in [1.54, 1.807) is 0 Å². The first-order valence-electron chi connectivity index (χ1n) is 18.2. The van der Waals surface area contributed by atoms with Crippen LogP contribution in [0.25, 0.3) is 0 Å². The minimum atomic E-state index is -0.297. The van der Waals surface area contributed by atoms with Crippen molar-refractivity contribution in [3.05, 3.63) is 141 Å². The number of ether oxygens (including phenoxy) is 2. The molecule has 0 radical (unpaired) electrons. The second-order valence-corrected chi connectivity index (χ2v) is 18.1. The van der Waals surface area contributed by atoms with Gasteiger partial charge in [-0.3, -0.25) is 0 Å². The molecule has 0 amide bonds. The molecular weight excluding hydrogens is 631 g/mol. The molecule has 272 valence electrons. The topological polar surface area (TPSA) is 69.2 Å². The molecule has 0 aliphatic rings. The fourth-order valence-corrected chi connectivity index (χ4v) is 5.64. The van der Waals surface area contributed by atoms with Gasteiger partial charge in [-0.1, -0.05) is 144 Å². The highest BCUT2D eigenvalue weighted by Gasteiger charge is 2.24. The second-order valence-electron chi connectivity index (χ2n) is 18.1. The first-order chi connectivity index (χ1) is 23.6. The number of benzene rings is 4. The Balaban J connectivity index is 1.26. The molecule has 4 rings (SSSR count). The van der Waals surface area contributed by atoms with Gasteiger partial charge in [-0.05, 0) is 79.3 Å². The SMILES string of the molecule is CC(C)(C)c1cc(C(=O)OCc2ccc(C[NH2+]Cc3ccc(COC(=O)c4cc(C(C)(C)C)cc(C(C)(C)C)c4)cc3)cc2)cc(C(C)(C)C)c1. The zero-order valence-electron chi connectivity index (χ0n) is 33.1. The third-order valence-electron chi connectivity index (χ3n) is 9.35. The van der Waals surface area contributed by atoms with Crippen molar-refractivity contribution in [2.24, 2.45) is 0 Å².